The second kappa shape index (κ2) is 8.78. The number of ether oxygens (including phenoxy) is 2. The zero-order valence-corrected chi connectivity index (χ0v) is 17.9. The number of hydrogen-bond acceptors (Lipinski definition) is 3. The molecular formula is C26H28FNO2. The van der Waals surface area contributed by atoms with E-state index in [0.29, 0.717) is 0 Å². The second-order valence-corrected chi connectivity index (χ2v) is 7.95. The molecule has 0 N–H and O–H groups in total. The van der Waals surface area contributed by atoms with Crippen LogP contribution in [0.25, 0.3) is 0 Å². The highest BCUT2D eigenvalue weighted by molar-refractivity contribution is 5.64. The molecule has 0 atom stereocenters. The number of hydrogen-bond donors (Lipinski definition) is 0. The van der Waals surface area contributed by atoms with Crippen LogP contribution in [-0.2, 0) is 25.8 Å². The quantitative estimate of drug-likeness (QED) is 0.518. The Morgan fingerprint density at radius 3 is 2.23 bits per heavy atom. The van der Waals surface area contributed by atoms with Crippen molar-refractivity contribution in [2.45, 2.75) is 32.7 Å². The van der Waals surface area contributed by atoms with Crippen LogP contribution in [0.5, 0.6) is 11.5 Å². The van der Waals surface area contributed by atoms with Gasteiger partial charge in [-0.3, -0.25) is 0 Å². The number of halogens is 1. The van der Waals surface area contributed by atoms with Gasteiger partial charge in [0.1, 0.15) is 17.3 Å². The summed E-state index contributed by atoms with van der Waals surface area (Å²) >= 11 is 0. The van der Waals surface area contributed by atoms with Gasteiger partial charge in [0.25, 0.3) is 0 Å². The van der Waals surface area contributed by atoms with Crippen LogP contribution in [0.15, 0.2) is 54.6 Å². The van der Waals surface area contributed by atoms with Crippen molar-refractivity contribution < 1.29 is 13.9 Å². The standard InChI is InChI=1S/C26H28FNO2/c1-18-4-6-19(7-5-18)8-9-21-14-23(27)15-22-10-11-28(26(21)22)17-20-12-24(29-2)16-25(13-20)30-3/h4-7,12-16H,8-11,17H2,1-3H3. The third-order valence-corrected chi connectivity index (χ3v) is 5.79. The molecule has 0 fully saturated rings. The number of rotatable bonds is 7. The third-order valence-electron chi connectivity index (χ3n) is 5.79. The Morgan fingerprint density at radius 1 is 0.867 bits per heavy atom. The lowest BCUT2D eigenvalue weighted by Crippen LogP contribution is -2.21. The average molecular weight is 406 g/mol. The van der Waals surface area contributed by atoms with Crippen LogP contribution in [-0.4, -0.2) is 20.8 Å². The van der Waals surface area contributed by atoms with E-state index in [9.17, 15) is 4.39 Å². The van der Waals surface area contributed by atoms with Gasteiger partial charge >= 0.3 is 0 Å². The molecule has 0 bridgehead atoms. The number of nitrogens with zero attached hydrogens (tertiary/aromatic N) is 1. The van der Waals surface area contributed by atoms with Crippen molar-refractivity contribution in [3.8, 4) is 11.5 Å². The van der Waals surface area contributed by atoms with Gasteiger partial charge in [0.15, 0.2) is 0 Å². The van der Waals surface area contributed by atoms with Gasteiger partial charge in [0.2, 0.25) is 0 Å². The zero-order valence-electron chi connectivity index (χ0n) is 17.9. The summed E-state index contributed by atoms with van der Waals surface area (Å²) in [4.78, 5) is 2.35. The first kappa shape index (κ1) is 20.3. The van der Waals surface area contributed by atoms with Crippen molar-refractivity contribution in [2.75, 3.05) is 25.7 Å². The Hall–Kier alpha value is -3.01. The lowest BCUT2D eigenvalue weighted by Gasteiger charge is -2.23. The molecule has 3 aromatic rings. The van der Waals surface area contributed by atoms with E-state index in [1.165, 1.54) is 16.8 Å². The van der Waals surface area contributed by atoms with Gasteiger partial charge in [-0.15, -0.1) is 0 Å². The average Bonchev–Trinajstić information content (AvgIpc) is 3.15. The summed E-state index contributed by atoms with van der Waals surface area (Å²) in [6.45, 7) is 3.72. The number of benzene rings is 3. The fraction of sp³-hybridized carbons (Fsp3) is 0.308. The fourth-order valence-electron chi connectivity index (χ4n) is 4.24. The van der Waals surface area contributed by atoms with Gasteiger partial charge in [-0.25, -0.2) is 4.39 Å². The van der Waals surface area contributed by atoms with E-state index in [-0.39, 0.29) is 5.82 Å². The highest BCUT2D eigenvalue weighted by Gasteiger charge is 2.24. The lowest BCUT2D eigenvalue weighted by molar-refractivity contribution is 0.393. The van der Waals surface area contributed by atoms with Gasteiger partial charge in [0, 0.05) is 24.8 Å². The topological polar surface area (TPSA) is 21.7 Å². The first-order valence-electron chi connectivity index (χ1n) is 10.4. The van der Waals surface area contributed by atoms with Crippen molar-refractivity contribution >= 4 is 5.69 Å². The molecule has 0 saturated heterocycles. The van der Waals surface area contributed by atoms with Gasteiger partial charge < -0.3 is 14.4 Å². The van der Waals surface area contributed by atoms with Gasteiger partial charge in [-0.05, 0) is 72.7 Å². The van der Waals surface area contributed by atoms with Crippen LogP contribution in [0.3, 0.4) is 0 Å². The molecule has 0 saturated carbocycles. The minimum Gasteiger partial charge on any atom is -0.497 e. The number of aryl methyl sites for hydroxylation is 3. The summed E-state index contributed by atoms with van der Waals surface area (Å²) in [6.07, 6.45) is 2.59. The van der Waals surface area contributed by atoms with Crippen LogP contribution in [0.4, 0.5) is 10.1 Å². The zero-order chi connectivity index (χ0) is 21.1. The lowest BCUT2D eigenvalue weighted by atomic mass is 9.99. The Kier molecular flexibility index (Phi) is 5.93. The molecule has 0 amide bonds. The first-order valence-corrected chi connectivity index (χ1v) is 10.4. The Balaban J connectivity index is 1.59. The summed E-state index contributed by atoms with van der Waals surface area (Å²) in [6, 6.07) is 17.9. The van der Waals surface area contributed by atoms with E-state index in [2.05, 4.69) is 36.1 Å². The van der Waals surface area contributed by atoms with E-state index < -0.39 is 0 Å². The highest BCUT2D eigenvalue weighted by atomic mass is 19.1. The molecule has 0 aromatic heterocycles. The molecule has 0 radical (unpaired) electrons. The van der Waals surface area contributed by atoms with Crippen molar-refractivity contribution in [1.29, 1.82) is 0 Å². The van der Waals surface area contributed by atoms with Crippen molar-refractivity contribution in [3.63, 3.8) is 0 Å². The first-order chi connectivity index (χ1) is 14.6. The van der Waals surface area contributed by atoms with E-state index in [1.807, 2.05) is 18.2 Å². The van der Waals surface area contributed by atoms with E-state index in [0.717, 1.165) is 60.5 Å². The monoisotopic (exact) mass is 405 g/mol. The van der Waals surface area contributed by atoms with E-state index in [1.54, 1.807) is 26.4 Å². The van der Waals surface area contributed by atoms with Crippen LogP contribution in [0.2, 0.25) is 0 Å². The van der Waals surface area contributed by atoms with E-state index >= 15 is 0 Å². The number of methoxy groups -OCH3 is 2. The third kappa shape index (κ3) is 4.43. The molecule has 1 heterocycles. The number of anilines is 1. The smallest absolute Gasteiger partial charge is 0.123 e. The van der Waals surface area contributed by atoms with Gasteiger partial charge in [0.05, 0.1) is 14.2 Å². The molecule has 0 spiro atoms. The summed E-state index contributed by atoms with van der Waals surface area (Å²) in [5.41, 5.74) is 7.02. The summed E-state index contributed by atoms with van der Waals surface area (Å²) in [5, 5.41) is 0. The van der Waals surface area contributed by atoms with Crippen LogP contribution >= 0.6 is 0 Å². The SMILES string of the molecule is COc1cc(CN2CCc3cc(F)cc(CCc4ccc(C)cc4)c32)cc(OC)c1. The largest absolute Gasteiger partial charge is 0.497 e. The Labute approximate surface area is 178 Å². The minimum absolute atomic E-state index is 0.141. The van der Waals surface area contributed by atoms with Gasteiger partial charge in [-0.1, -0.05) is 29.8 Å². The number of fused-ring (bicyclic) bond motifs is 1. The summed E-state index contributed by atoms with van der Waals surface area (Å²) < 4.78 is 25.1. The molecule has 4 heteroatoms. The molecular weight excluding hydrogens is 377 g/mol. The normalized spacial score (nSPS) is 12.7. The van der Waals surface area contributed by atoms with Gasteiger partial charge in [-0.2, -0.15) is 0 Å². The molecule has 156 valence electrons. The molecule has 1 aliphatic heterocycles. The predicted octanol–water partition coefficient (Wildman–Crippen LogP) is 5.50. The minimum atomic E-state index is -0.141. The fourth-order valence-corrected chi connectivity index (χ4v) is 4.24. The molecule has 3 aromatic carbocycles. The van der Waals surface area contributed by atoms with Crippen molar-refractivity contribution in [2.24, 2.45) is 0 Å². The maximum Gasteiger partial charge on any atom is 0.123 e. The Morgan fingerprint density at radius 2 is 1.57 bits per heavy atom. The van der Waals surface area contributed by atoms with Crippen molar-refractivity contribution in [3.05, 3.63) is 88.2 Å². The molecule has 3 nitrogen and oxygen atoms in total. The van der Waals surface area contributed by atoms with E-state index in [4.69, 9.17) is 9.47 Å². The maximum absolute atomic E-state index is 14.3. The molecule has 1 aliphatic rings. The predicted molar refractivity (Wildman–Crippen MR) is 119 cm³/mol. The summed E-state index contributed by atoms with van der Waals surface area (Å²) in [7, 11) is 3.32. The molecule has 30 heavy (non-hydrogen) atoms. The highest BCUT2D eigenvalue weighted by Crippen LogP contribution is 2.35. The molecule has 0 aliphatic carbocycles. The van der Waals surface area contributed by atoms with Crippen LogP contribution in [0, 0.1) is 12.7 Å². The van der Waals surface area contributed by atoms with Crippen LogP contribution in [0.1, 0.15) is 27.8 Å². The maximum atomic E-state index is 14.3. The Bertz CT molecular complexity index is 1010. The van der Waals surface area contributed by atoms with Crippen molar-refractivity contribution in [1.82, 2.24) is 0 Å². The summed E-state index contributed by atoms with van der Waals surface area (Å²) in [5.74, 6) is 1.42. The molecule has 4 rings (SSSR count). The van der Waals surface area contributed by atoms with Crippen LogP contribution < -0.4 is 14.4 Å². The second-order valence-electron chi connectivity index (χ2n) is 7.95. The molecule has 0 unspecified atom stereocenters.